The van der Waals surface area contributed by atoms with Crippen LogP contribution in [0.4, 0.5) is 0 Å². The van der Waals surface area contributed by atoms with Crippen molar-refractivity contribution in [2.24, 2.45) is 11.8 Å². The monoisotopic (exact) mass is 496 g/mol. The molecule has 0 saturated carbocycles. The molecule has 148 valence electrons. The smallest absolute Gasteiger partial charge is 0.120 e. The van der Waals surface area contributed by atoms with Crippen molar-refractivity contribution < 1.29 is 9.84 Å². The fourth-order valence-electron chi connectivity index (χ4n) is 3.34. The summed E-state index contributed by atoms with van der Waals surface area (Å²) in [5.41, 5.74) is 2.04. The molecule has 0 aromatic heterocycles. The van der Waals surface area contributed by atoms with E-state index in [0.717, 1.165) is 51.5 Å². The van der Waals surface area contributed by atoms with Crippen molar-refractivity contribution in [1.29, 1.82) is 0 Å². The Kier molecular flexibility index (Phi) is 9.34. The minimum Gasteiger partial charge on any atom is -0.489 e. The Hall–Kier alpha value is -0.840. The first kappa shape index (κ1) is 22.4. The summed E-state index contributed by atoms with van der Waals surface area (Å²) < 4.78 is 8.04. The molecule has 27 heavy (non-hydrogen) atoms. The molecular formula is C23H30Br2O2. The SMILES string of the molecule is CCCCC(CC(C)C)C(O)c1cccc(OCc2ccc(Br)cc2Br)c1. The first-order chi connectivity index (χ1) is 12.9. The number of hydrogen-bond acceptors (Lipinski definition) is 2. The second-order valence-corrected chi connectivity index (χ2v) is 9.34. The number of hydrogen-bond donors (Lipinski definition) is 1. The fourth-order valence-corrected chi connectivity index (χ4v) is 4.50. The van der Waals surface area contributed by atoms with Crippen LogP contribution in [0.15, 0.2) is 51.4 Å². The van der Waals surface area contributed by atoms with E-state index in [9.17, 15) is 5.11 Å². The maximum absolute atomic E-state index is 11.0. The standard InChI is InChI=1S/C23H30Br2O2/c1-4-5-7-17(12-16(2)3)23(26)18-8-6-9-21(13-18)27-15-19-10-11-20(24)14-22(19)25/h6,8-11,13-14,16-17,23,26H,4-5,7,12,15H2,1-3H3. The molecule has 0 fully saturated rings. The summed E-state index contributed by atoms with van der Waals surface area (Å²) in [7, 11) is 0. The summed E-state index contributed by atoms with van der Waals surface area (Å²) in [4.78, 5) is 0. The van der Waals surface area contributed by atoms with E-state index in [1.807, 2.05) is 42.5 Å². The number of benzene rings is 2. The van der Waals surface area contributed by atoms with E-state index in [1.54, 1.807) is 0 Å². The molecule has 2 aromatic rings. The molecule has 4 heteroatoms. The Morgan fingerprint density at radius 3 is 2.52 bits per heavy atom. The molecule has 0 bridgehead atoms. The number of rotatable bonds is 10. The lowest BCUT2D eigenvalue weighted by molar-refractivity contribution is 0.0879. The fraction of sp³-hybridized carbons (Fsp3) is 0.478. The molecular weight excluding hydrogens is 468 g/mol. The van der Waals surface area contributed by atoms with Crippen LogP contribution in [0.2, 0.25) is 0 Å². The highest BCUT2D eigenvalue weighted by Gasteiger charge is 2.22. The van der Waals surface area contributed by atoms with Crippen molar-refractivity contribution in [1.82, 2.24) is 0 Å². The van der Waals surface area contributed by atoms with E-state index >= 15 is 0 Å². The summed E-state index contributed by atoms with van der Waals surface area (Å²) in [5.74, 6) is 1.66. The molecule has 2 nitrogen and oxygen atoms in total. The predicted octanol–water partition coefficient (Wildman–Crippen LogP) is 7.68. The van der Waals surface area contributed by atoms with Crippen molar-refractivity contribution in [2.45, 2.75) is 59.2 Å². The van der Waals surface area contributed by atoms with Gasteiger partial charge in [0.05, 0.1) is 6.10 Å². The van der Waals surface area contributed by atoms with Crippen LogP contribution in [0.5, 0.6) is 5.75 Å². The van der Waals surface area contributed by atoms with Gasteiger partial charge in [-0.2, -0.15) is 0 Å². The summed E-state index contributed by atoms with van der Waals surface area (Å²) in [5, 5.41) is 11.0. The van der Waals surface area contributed by atoms with Crippen LogP contribution in [0.1, 0.15) is 63.7 Å². The molecule has 0 spiro atoms. The normalized spacial score (nSPS) is 13.6. The summed E-state index contributed by atoms with van der Waals surface area (Å²) in [6.45, 7) is 7.13. The third kappa shape index (κ3) is 7.24. The maximum Gasteiger partial charge on any atom is 0.120 e. The van der Waals surface area contributed by atoms with Crippen molar-refractivity contribution in [3.05, 3.63) is 62.5 Å². The second-order valence-electron chi connectivity index (χ2n) is 7.57. The van der Waals surface area contributed by atoms with Crippen LogP contribution < -0.4 is 4.74 Å². The van der Waals surface area contributed by atoms with E-state index in [-0.39, 0.29) is 0 Å². The molecule has 0 heterocycles. The average Bonchev–Trinajstić information content (AvgIpc) is 2.64. The number of aliphatic hydroxyl groups is 1. The molecule has 2 atom stereocenters. The van der Waals surface area contributed by atoms with Crippen molar-refractivity contribution in [3.8, 4) is 5.75 Å². The lowest BCUT2D eigenvalue weighted by Gasteiger charge is -2.25. The van der Waals surface area contributed by atoms with E-state index in [0.29, 0.717) is 18.4 Å². The third-order valence-corrected chi connectivity index (χ3v) is 5.99. The van der Waals surface area contributed by atoms with E-state index < -0.39 is 6.10 Å². The number of unbranched alkanes of at least 4 members (excludes halogenated alkanes) is 1. The predicted molar refractivity (Wildman–Crippen MR) is 120 cm³/mol. The Labute approximate surface area is 180 Å². The van der Waals surface area contributed by atoms with E-state index in [1.165, 1.54) is 0 Å². The Morgan fingerprint density at radius 2 is 1.85 bits per heavy atom. The zero-order valence-corrected chi connectivity index (χ0v) is 19.6. The van der Waals surface area contributed by atoms with Crippen LogP contribution in [-0.2, 0) is 6.61 Å². The maximum atomic E-state index is 11.0. The van der Waals surface area contributed by atoms with Gasteiger partial charge in [-0.15, -0.1) is 0 Å². The molecule has 0 saturated heterocycles. The highest BCUT2D eigenvalue weighted by atomic mass is 79.9. The van der Waals surface area contributed by atoms with Crippen molar-refractivity contribution in [2.75, 3.05) is 0 Å². The molecule has 0 radical (unpaired) electrons. The quantitative estimate of drug-likeness (QED) is 0.364. The van der Waals surface area contributed by atoms with Gasteiger partial charge in [0, 0.05) is 14.5 Å². The topological polar surface area (TPSA) is 29.5 Å². The molecule has 0 aliphatic carbocycles. The lowest BCUT2D eigenvalue weighted by Crippen LogP contribution is -2.15. The molecule has 0 aliphatic heterocycles. The minimum absolute atomic E-state index is 0.292. The van der Waals surface area contributed by atoms with Crippen LogP contribution in [0, 0.1) is 11.8 Å². The van der Waals surface area contributed by atoms with Gasteiger partial charge in [-0.3, -0.25) is 0 Å². The van der Waals surface area contributed by atoms with Gasteiger partial charge in [0.2, 0.25) is 0 Å². The van der Waals surface area contributed by atoms with Gasteiger partial charge in [0.1, 0.15) is 12.4 Å². The number of ether oxygens (including phenoxy) is 1. The first-order valence-electron chi connectivity index (χ1n) is 9.75. The van der Waals surface area contributed by atoms with Gasteiger partial charge < -0.3 is 9.84 Å². The molecule has 2 rings (SSSR count). The molecule has 1 N–H and O–H groups in total. The highest BCUT2D eigenvalue weighted by molar-refractivity contribution is 9.11. The Bertz CT molecular complexity index is 715. The molecule has 0 aliphatic rings. The lowest BCUT2D eigenvalue weighted by atomic mass is 9.85. The molecule has 0 amide bonds. The minimum atomic E-state index is -0.443. The van der Waals surface area contributed by atoms with Gasteiger partial charge in [-0.25, -0.2) is 0 Å². The van der Waals surface area contributed by atoms with E-state index in [4.69, 9.17) is 4.74 Å². The molecule has 2 aromatic carbocycles. The summed E-state index contributed by atoms with van der Waals surface area (Å²) in [6.07, 6.45) is 3.97. The summed E-state index contributed by atoms with van der Waals surface area (Å²) in [6, 6.07) is 14.0. The van der Waals surface area contributed by atoms with Gasteiger partial charge in [-0.1, -0.05) is 83.7 Å². The van der Waals surface area contributed by atoms with Crippen molar-refractivity contribution >= 4 is 31.9 Å². The largest absolute Gasteiger partial charge is 0.489 e. The van der Waals surface area contributed by atoms with Gasteiger partial charge >= 0.3 is 0 Å². The van der Waals surface area contributed by atoms with Crippen LogP contribution in [0.3, 0.4) is 0 Å². The average molecular weight is 498 g/mol. The number of halogens is 2. The zero-order valence-electron chi connectivity index (χ0n) is 16.4. The van der Waals surface area contributed by atoms with Gasteiger partial charge in [-0.05, 0) is 54.5 Å². The summed E-state index contributed by atoms with van der Waals surface area (Å²) >= 11 is 7.04. The second kappa shape index (κ2) is 11.2. The first-order valence-corrected chi connectivity index (χ1v) is 11.3. The van der Waals surface area contributed by atoms with Crippen LogP contribution in [0.25, 0.3) is 0 Å². The zero-order chi connectivity index (χ0) is 19.8. The van der Waals surface area contributed by atoms with Gasteiger partial charge in [0.15, 0.2) is 0 Å². The Morgan fingerprint density at radius 1 is 1.07 bits per heavy atom. The van der Waals surface area contributed by atoms with E-state index in [2.05, 4.69) is 52.6 Å². The van der Waals surface area contributed by atoms with Gasteiger partial charge in [0.25, 0.3) is 0 Å². The van der Waals surface area contributed by atoms with Crippen LogP contribution in [-0.4, -0.2) is 5.11 Å². The van der Waals surface area contributed by atoms with Crippen molar-refractivity contribution in [3.63, 3.8) is 0 Å². The third-order valence-electron chi connectivity index (χ3n) is 4.76. The van der Waals surface area contributed by atoms with Crippen LogP contribution >= 0.6 is 31.9 Å². The Balaban J connectivity index is 2.07. The highest BCUT2D eigenvalue weighted by Crippen LogP contribution is 2.33. The molecule has 2 unspecified atom stereocenters. The number of aliphatic hydroxyl groups excluding tert-OH is 1.